The van der Waals surface area contributed by atoms with E-state index in [4.69, 9.17) is 33.2 Å². The number of methoxy groups -OCH3 is 1. The van der Waals surface area contributed by atoms with E-state index in [9.17, 15) is 65.8 Å². The van der Waals surface area contributed by atoms with Gasteiger partial charge in [0.15, 0.2) is 12.6 Å². The third kappa shape index (κ3) is 7.94. The van der Waals surface area contributed by atoms with Crippen molar-refractivity contribution in [1.29, 1.82) is 0 Å². The molecule has 388 valence electrons. The highest BCUT2D eigenvalue weighted by Gasteiger charge is 2.71. The molecule has 3 saturated heterocycles. The number of rotatable bonds is 10. The first kappa shape index (κ1) is 52.4. The van der Waals surface area contributed by atoms with E-state index in [-0.39, 0.29) is 48.3 Å². The minimum Gasteiger partial charge on any atom is -0.469 e. The van der Waals surface area contributed by atoms with Crippen molar-refractivity contribution >= 4 is 11.9 Å². The first-order valence-electron chi connectivity index (χ1n) is 24.5. The summed E-state index contributed by atoms with van der Waals surface area (Å²) in [5, 5.41) is 117. The fraction of sp³-hybridized carbons (Fsp3) is 0.917. The molecule has 11 N–H and O–H groups in total. The molecule has 3 heterocycles. The highest BCUT2D eigenvalue weighted by atomic mass is 16.7. The molecule has 20 heteroatoms. The summed E-state index contributed by atoms with van der Waals surface area (Å²) in [7, 11) is 1.35. The molecule has 7 fully saturated rings. The van der Waals surface area contributed by atoms with Gasteiger partial charge >= 0.3 is 11.9 Å². The smallest absolute Gasteiger partial charge is 0.315 e. The Kier molecular flexibility index (Phi) is 14.5. The van der Waals surface area contributed by atoms with Crippen molar-refractivity contribution in [1.82, 2.24) is 0 Å². The van der Waals surface area contributed by atoms with Gasteiger partial charge in [0.05, 0.1) is 50.5 Å². The molecule has 0 aromatic heterocycles. The number of hydrogen-bond donors (Lipinski definition) is 11. The van der Waals surface area contributed by atoms with E-state index in [0.717, 1.165) is 12.0 Å². The number of aliphatic hydroxyl groups excluding tert-OH is 11. The van der Waals surface area contributed by atoms with Gasteiger partial charge in [-0.25, -0.2) is 0 Å². The molecule has 0 aromatic carbocycles. The van der Waals surface area contributed by atoms with Gasteiger partial charge in [0.25, 0.3) is 0 Å². The number of fused-ring (bicyclic) bond motifs is 7. The minimum atomic E-state index is -1.78. The number of esters is 2. The van der Waals surface area contributed by atoms with Gasteiger partial charge in [0.1, 0.15) is 67.1 Å². The maximum atomic E-state index is 14.8. The number of allylic oxidation sites excluding steroid dienone is 2. The van der Waals surface area contributed by atoms with Crippen LogP contribution in [0.3, 0.4) is 0 Å². The first-order valence-corrected chi connectivity index (χ1v) is 24.5. The second-order valence-corrected chi connectivity index (χ2v) is 22.7. The Labute approximate surface area is 396 Å². The van der Waals surface area contributed by atoms with Crippen LogP contribution in [-0.2, 0) is 42.7 Å². The summed E-state index contributed by atoms with van der Waals surface area (Å²) in [4.78, 5) is 28.3. The second kappa shape index (κ2) is 18.8. The number of ether oxygens (including phenoxy) is 7. The SMILES string of the molecule is COC(=O)[C@]1(C)CC[C@]2(C(=O)O[C@@H]3O[C@H](CO)[C@@H](O)[C@H](O)[C@H]3O)CC[C@]3(C)C(=CC[C@@H]4[C@@]5(C)CC[C@H](O[C@@H]6O[C@H](CO)[C@@H](O)[C@H](O[C@@H]7OC[C@H](O)[C@H](O)[C@H]7O)[C@H]6O)[C@@](C)(CO)[C@@H]5CC[C@]43C)[C@@H]2C1. The average molecular weight is 973 g/mol. The van der Waals surface area contributed by atoms with Crippen molar-refractivity contribution in [3.8, 4) is 0 Å². The van der Waals surface area contributed by atoms with Crippen LogP contribution in [-0.4, -0.2) is 194 Å². The Balaban J connectivity index is 1.06. The van der Waals surface area contributed by atoms with E-state index in [1.165, 1.54) is 7.11 Å². The highest BCUT2D eigenvalue weighted by Crippen LogP contribution is 2.76. The van der Waals surface area contributed by atoms with Gasteiger partial charge in [-0.1, -0.05) is 39.3 Å². The number of aliphatic hydroxyl groups is 11. The number of hydrogen-bond acceptors (Lipinski definition) is 20. The summed E-state index contributed by atoms with van der Waals surface area (Å²) in [6, 6.07) is 0. The van der Waals surface area contributed by atoms with Gasteiger partial charge in [-0.3, -0.25) is 9.59 Å². The normalized spacial score (nSPS) is 53.7. The fourth-order valence-corrected chi connectivity index (χ4v) is 15.0. The van der Waals surface area contributed by atoms with Gasteiger partial charge in [0, 0.05) is 5.41 Å². The van der Waals surface area contributed by atoms with Gasteiger partial charge in [0.2, 0.25) is 6.29 Å². The maximum absolute atomic E-state index is 14.8. The standard InChI is InChI=1S/C48H76O20/c1-43(41(60)62-6)13-15-48(42(61)68-39-35(58)33(56)31(54)25(18-49)64-39)16-14-46(4)22(23(48)17-43)7-8-28-44(2)11-10-29(45(3,21-51)27(44)9-12-47(28,46)5)66-40-36(59)37(32(55)26(19-50)65-40)67-38-34(57)30(53)24(52)20-63-38/h7,23-40,49-59H,8-21H2,1-6H3/t23-,24-,25+,26+,27+,28+,29-,30-,31+,32+,33-,34+,35+,36+,37-,38-,39-,40-,43+,44-,45-,46+,47+,48-/m0/s1. The Bertz CT molecular complexity index is 1890. The molecule has 3 aliphatic heterocycles. The van der Waals surface area contributed by atoms with Crippen LogP contribution >= 0.6 is 0 Å². The van der Waals surface area contributed by atoms with E-state index in [1.807, 2.05) is 13.8 Å². The van der Waals surface area contributed by atoms with Gasteiger partial charge in [-0.2, -0.15) is 0 Å². The molecule has 5 aliphatic carbocycles. The van der Waals surface area contributed by atoms with Crippen molar-refractivity contribution in [2.45, 2.75) is 191 Å². The Morgan fingerprint density at radius 2 is 1.32 bits per heavy atom. The molecule has 68 heavy (non-hydrogen) atoms. The van der Waals surface area contributed by atoms with Gasteiger partial charge < -0.3 is 89.3 Å². The molecule has 0 radical (unpaired) electrons. The largest absolute Gasteiger partial charge is 0.469 e. The van der Waals surface area contributed by atoms with E-state index in [2.05, 4.69) is 26.8 Å². The van der Waals surface area contributed by atoms with Crippen LogP contribution in [0.1, 0.15) is 98.8 Å². The molecule has 0 spiro atoms. The molecule has 0 aromatic rings. The summed E-state index contributed by atoms with van der Waals surface area (Å²) >= 11 is 0. The molecule has 20 nitrogen and oxygen atoms in total. The Hall–Kier alpha value is -1.96. The average Bonchev–Trinajstić information content (AvgIpc) is 3.31. The van der Waals surface area contributed by atoms with Crippen molar-refractivity contribution < 1.29 is 98.9 Å². The lowest BCUT2D eigenvalue weighted by Gasteiger charge is -2.71. The first-order chi connectivity index (χ1) is 31.9. The maximum Gasteiger partial charge on any atom is 0.315 e. The Morgan fingerprint density at radius 3 is 1.99 bits per heavy atom. The third-order valence-corrected chi connectivity index (χ3v) is 19.5. The molecule has 24 atom stereocenters. The lowest BCUT2D eigenvalue weighted by molar-refractivity contribution is -0.363. The third-order valence-electron chi connectivity index (χ3n) is 19.5. The predicted octanol–water partition coefficient (Wildman–Crippen LogP) is -1.09. The van der Waals surface area contributed by atoms with E-state index < -0.39 is 139 Å². The molecular formula is C48H76O20. The zero-order valence-corrected chi connectivity index (χ0v) is 40.0. The van der Waals surface area contributed by atoms with E-state index >= 15 is 0 Å². The summed E-state index contributed by atoms with van der Waals surface area (Å²) in [6.45, 7) is 8.68. The fourth-order valence-electron chi connectivity index (χ4n) is 15.0. The molecule has 0 bridgehead atoms. The van der Waals surface area contributed by atoms with Crippen LogP contribution in [0.4, 0.5) is 0 Å². The zero-order chi connectivity index (χ0) is 49.7. The number of carbonyl (C=O) groups is 2. The zero-order valence-electron chi connectivity index (χ0n) is 40.0. The molecular weight excluding hydrogens is 897 g/mol. The topological polar surface area (TPSA) is 321 Å². The highest BCUT2D eigenvalue weighted by molar-refractivity contribution is 5.81. The molecule has 0 unspecified atom stereocenters. The van der Waals surface area contributed by atoms with Crippen LogP contribution in [0.2, 0.25) is 0 Å². The molecule has 4 saturated carbocycles. The van der Waals surface area contributed by atoms with Crippen molar-refractivity contribution in [3.63, 3.8) is 0 Å². The van der Waals surface area contributed by atoms with Crippen LogP contribution in [0.15, 0.2) is 11.6 Å². The molecule has 0 amide bonds. The van der Waals surface area contributed by atoms with Crippen LogP contribution in [0.25, 0.3) is 0 Å². The monoisotopic (exact) mass is 972 g/mol. The summed E-state index contributed by atoms with van der Waals surface area (Å²) in [5.41, 5.74) is -3.06. The van der Waals surface area contributed by atoms with Gasteiger partial charge in [-0.05, 0) is 105 Å². The minimum absolute atomic E-state index is 0.0810. The van der Waals surface area contributed by atoms with Gasteiger partial charge in [-0.15, -0.1) is 0 Å². The molecule has 8 aliphatic rings. The number of carbonyl (C=O) groups excluding carboxylic acids is 2. The van der Waals surface area contributed by atoms with Crippen LogP contribution in [0, 0.1) is 50.2 Å². The lowest BCUT2D eigenvalue weighted by atomic mass is 9.33. The van der Waals surface area contributed by atoms with E-state index in [0.29, 0.717) is 51.4 Å². The Morgan fingerprint density at radius 1 is 0.676 bits per heavy atom. The predicted molar refractivity (Wildman–Crippen MR) is 232 cm³/mol. The van der Waals surface area contributed by atoms with E-state index in [1.54, 1.807) is 0 Å². The van der Waals surface area contributed by atoms with Crippen LogP contribution < -0.4 is 0 Å². The molecule has 8 rings (SSSR count). The van der Waals surface area contributed by atoms with Crippen LogP contribution in [0.5, 0.6) is 0 Å². The lowest BCUT2D eigenvalue weighted by Crippen LogP contribution is -2.67. The van der Waals surface area contributed by atoms with Crippen molar-refractivity contribution in [2.24, 2.45) is 50.2 Å². The summed E-state index contributed by atoms with van der Waals surface area (Å²) in [6.07, 6.45) is -15.3. The van der Waals surface area contributed by atoms with Crippen molar-refractivity contribution in [3.05, 3.63) is 11.6 Å². The second-order valence-electron chi connectivity index (χ2n) is 22.7. The summed E-state index contributed by atoms with van der Waals surface area (Å²) in [5.74, 6) is -1.53. The van der Waals surface area contributed by atoms with Crippen molar-refractivity contribution in [2.75, 3.05) is 33.5 Å². The summed E-state index contributed by atoms with van der Waals surface area (Å²) < 4.78 is 40.7. The quantitative estimate of drug-likeness (QED) is 0.0704.